The molecule has 2 atom stereocenters. The standard InChI is InChI=1S/C22H23F3N4O3/c1-11(13-5-14(22(23,24)25)7-15(26)6-13)27-21-17-8-20(32-16-3-4-31-10-16)19(30)9-18(17)28-12(2)29-21/h5-9,11,16,30H,3-4,10,26H2,1-2H3,(H,27,28,29)/t11-,16+/m1/s1. The highest BCUT2D eigenvalue weighted by Crippen LogP contribution is 2.37. The molecule has 170 valence electrons. The van der Waals surface area contributed by atoms with Gasteiger partial charge in [0, 0.05) is 23.6 Å². The molecule has 2 aromatic carbocycles. The topological polar surface area (TPSA) is 103 Å². The summed E-state index contributed by atoms with van der Waals surface area (Å²) in [5.74, 6) is 1.04. The van der Waals surface area contributed by atoms with Gasteiger partial charge in [-0.3, -0.25) is 0 Å². The summed E-state index contributed by atoms with van der Waals surface area (Å²) in [6, 6.07) is 6.01. The summed E-state index contributed by atoms with van der Waals surface area (Å²) in [6.45, 7) is 4.42. The number of nitrogens with one attached hydrogen (secondary N) is 1. The van der Waals surface area contributed by atoms with Crippen LogP contribution < -0.4 is 15.8 Å². The largest absolute Gasteiger partial charge is 0.504 e. The van der Waals surface area contributed by atoms with Crippen molar-refractivity contribution >= 4 is 22.4 Å². The first-order valence-electron chi connectivity index (χ1n) is 10.1. The highest BCUT2D eigenvalue weighted by atomic mass is 19.4. The summed E-state index contributed by atoms with van der Waals surface area (Å²) in [7, 11) is 0. The predicted octanol–water partition coefficient (Wildman–Crippen LogP) is 4.59. The number of aromatic hydroxyl groups is 1. The van der Waals surface area contributed by atoms with Crippen LogP contribution in [0.25, 0.3) is 10.9 Å². The van der Waals surface area contributed by atoms with Crippen molar-refractivity contribution in [3.05, 3.63) is 47.3 Å². The lowest BCUT2D eigenvalue weighted by atomic mass is 10.0. The molecule has 1 aliphatic rings. The van der Waals surface area contributed by atoms with Crippen LogP contribution in [-0.2, 0) is 10.9 Å². The highest BCUT2D eigenvalue weighted by Gasteiger charge is 2.31. The van der Waals surface area contributed by atoms with Crippen LogP contribution in [0.15, 0.2) is 30.3 Å². The Balaban J connectivity index is 1.69. The lowest BCUT2D eigenvalue weighted by Crippen LogP contribution is -2.16. The molecular formula is C22H23F3N4O3. The molecular weight excluding hydrogens is 425 g/mol. The van der Waals surface area contributed by atoms with Crippen LogP contribution in [0.3, 0.4) is 0 Å². The van der Waals surface area contributed by atoms with Gasteiger partial charge >= 0.3 is 6.18 Å². The summed E-state index contributed by atoms with van der Waals surface area (Å²) in [4.78, 5) is 8.78. The van der Waals surface area contributed by atoms with Gasteiger partial charge in [-0.15, -0.1) is 0 Å². The molecule has 1 saturated heterocycles. The zero-order valence-electron chi connectivity index (χ0n) is 17.5. The van der Waals surface area contributed by atoms with Gasteiger partial charge in [-0.05, 0) is 43.7 Å². The fraction of sp³-hybridized carbons (Fsp3) is 0.364. The van der Waals surface area contributed by atoms with E-state index >= 15 is 0 Å². The van der Waals surface area contributed by atoms with Gasteiger partial charge in [0.05, 0.1) is 30.3 Å². The number of nitrogen functional groups attached to an aromatic ring is 1. The normalized spacial score (nSPS) is 17.5. The number of alkyl halides is 3. The number of hydrogen-bond acceptors (Lipinski definition) is 7. The number of fused-ring (bicyclic) bond motifs is 1. The van der Waals surface area contributed by atoms with E-state index in [0.717, 1.165) is 12.1 Å². The third-order valence-corrected chi connectivity index (χ3v) is 5.23. The molecule has 0 radical (unpaired) electrons. The van der Waals surface area contributed by atoms with Crippen molar-refractivity contribution in [1.82, 2.24) is 9.97 Å². The Morgan fingerprint density at radius 3 is 2.69 bits per heavy atom. The lowest BCUT2D eigenvalue weighted by Gasteiger charge is -2.20. The maximum absolute atomic E-state index is 13.2. The number of nitrogens with two attached hydrogens (primary N) is 1. The molecule has 0 unspecified atom stereocenters. The minimum absolute atomic E-state index is 0.0200. The second kappa shape index (κ2) is 8.34. The van der Waals surface area contributed by atoms with E-state index in [1.165, 1.54) is 12.1 Å². The molecule has 32 heavy (non-hydrogen) atoms. The fourth-order valence-corrected chi connectivity index (χ4v) is 3.63. The van der Waals surface area contributed by atoms with Crippen LogP contribution in [-0.4, -0.2) is 34.4 Å². The van der Waals surface area contributed by atoms with Gasteiger partial charge in [0.15, 0.2) is 11.5 Å². The Morgan fingerprint density at radius 1 is 1.22 bits per heavy atom. The first kappa shape index (κ1) is 21.9. The van der Waals surface area contributed by atoms with E-state index in [1.54, 1.807) is 19.9 Å². The molecule has 3 aromatic rings. The minimum Gasteiger partial charge on any atom is -0.504 e. The second-order valence-corrected chi connectivity index (χ2v) is 7.81. The number of anilines is 2. The Bertz CT molecular complexity index is 1150. The number of benzene rings is 2. The van der Waals surface area contributed by atoms with Gasteiger partial charge in [0.1, 0.15) is 17.7 Å². The van der Waals surface area contributed by atoms with Crippen molar-refractivity contribution in [2.75, 3.05) is 24.3 Å². The van der Waals surface area contributed by atoms with E-state index in [4.69, 9.17) is 15.2 Å². The predicted molar refractivity (Wildman–Crippen MR) is 114 cm³/mol. The van der Waals surface area contributed by atoms with Crippen molar-refractivity contribution in [2.24, 2.45) is 0 Å². The van der Waals surface area contributed by atoms with Gasteiger partial charge in [0.2, 0.25) is 0 Å². The van der Waals surface area contributed by atoms with E-state index in [-0.39, 0.29) is 23.3 Å². The Hall–Kier alpha value is -3.27. The highest BCUT2D eigenvalue weighted by molar-refractivity contribution is 5.91. The molecule has 0 bridgehead atoms. The third-order valence-electron chi connectivity index (χ3n) is 5.23. The molecule has 7 nitrogen and oxygen atoms in total. The maximum Gasteiger partial charge on any atom is 0.416 e. The minimum atomic E-state index is -4.50. The summed E-state index contributed by atoms with van der Waals surface area (Å²) in [5.41, 5.74) is 5.75. The second-order valence-electron chi connectivity index (χ2n) is 7.81. The molecule has 4 N–H and O–H groups in total. The Kier molecular flexibility index (Phi) is 5.72. The van der Waals surface area contributed by atoms with E-state index < -0.39 is 17.8 Å². The van der Waals surface area contributed by atoms with Crippen LogP contribution in [0.4, 0.5) is 24.7 Å². The first-order valence-corrected chi connectivity index (χ1v) is 10.1. The van der Waals surface area contributed by atoms with Gasteiger partial charge in [0.25, 0.3) is 0 Å². The number of halogens is 3. The summed E-state index contributed by atoms with van der Waals surface area (Å²) in [5, 5.41) is 14.1. The maximum atomic E-state index is 13.2. The van der Waals surface area contributed by atoms with Gasteiger partial charge in [-0.1, -0.05) is 0 Å². The Labute approximate surface area is 182 Å². The lowest BCUT2D eigenvalue weighted by molar-refractivity contribution is -0.137. The Morgan fingerprint density at radius 2 is 2.00 bits per heavy atom. The third kappa shape index (κ3) is 4.64. The number of ether oxygens (including phenoxy) is 2. The van der Waals surface area contributed by atoms with Gasteiger partial charge < -0.3 is 25.6 Å². The quantitative estimate of drug-likeness (QED) is 0.491. The number of aromatic nitrogens is 2. The van der Waals surface area contributed by atoms with E-state index in [0.29, 0.717) is 47.7 Å². The number of phenolic OH excluding ortho intramolecular Hbond substituents is 1. The van der Waals surface area contributed by atoms with Gasteiger partial charge in [-0.2, -0.15) is 13.2 Å². The van der Waals surface area contributed by atoms with Crippen LogP contribution in [0.2, 0.25) is 0 Å². The average Bonchev–Trinajstić information content (AvgIpc) is 3.21. The fourth-order valence-electron chi connectivity index (χ4n) is 3.63. The first-order chi connectivity index (χ1) is 15.1. The monoisotopic (exact) mass is 448 g/mol. The van der Waals surface area contributed by atoms with E-state index in [1.807, 2.05) is 0 Å². The van der Waals surface area contributed by atoms with E-state index in [2.05, 4.69) is 15.3 Å². The number of rotatable bonds is 5. The summed E-state index contributed by atoms with van der Waals surface area (Å²) < 4.78 is 50.8. The van der Waals surface area contributed by atoms with Gasteiger partial charge in [-0.25, -0.2) is 9.97 Å². The molecule has 2 heterocycles. The van der Waals surface area contributed by atoms with Crippen molar-refractivity contribution in [3.63, 3.8) is 0 Å². The van der Waals surface area contributed by atoms with Crippen molar-refractivity contribution in [1.29, 1.82) is 0 Å². The number of hydrogen-bond donors (Lipinski definition) is 3. The molecule has 1 fully saturated rings. The van der Waals surface area contributed by atoms with Crippen LogP contribution in [0.1, 0.15) is 36.3 Å². The van der Waals surface area contributed by atoms with Crippen molar-refractivity contribution in [2.45, 2.75) is 38.6 Å². The zero-order chi connectivity index (χ0) is 23.0. The number of aryl methyl sites for hydroxylation is 1. The molecule has 0 spiro atoms. The zero-order valence-corrected chi connectivity index (χ0v) is 17.5. The number of phenols is 1. The summed E-state index contributed by atoms with van der Waals surface area (Å²) in [6.07, 6.45) is -3.97. The molecule has 4 rings (SSSR count). The van der Waals surface area contributed by atoms with Crippen LogP contribution in [0.5, 0.6) is 11.5 Å². The molecule has 10 heteroatoms. The molecule has 0 aliphatic carbocycles. The summed E-state index contributed by atoms with van der Waals surface area (Å²) >= 11 is 0. The molecule has 1 aliphatic heterocycles. The molecule has 0 amide bonds. The van der Waals surface area contributed by atoms with Crippen molar-refractivity contribution in [3.8, 4) is 11.5 Å². The smallest absolute Gasteiger partial charge is 0.416 e. The molecule has 1 aromatic heterocycles. The average molecular weight is 448 g/mol. The molecule has 0 saturated carbocycles. The van der Waals surface area contributed by atoms with Crippen molar-refractivity contribution < 1.29 is 27.8 Å². The van der Waals surface area contributed by atoms with Crippen LogP contribution >= 0.6 is 0 Å². The van der Waals surface area contributed by atoms with Crippen LogP contribution in [0, 0.1) is 6.92 Å². The number of nitrogens with zero attached hydrogens (tertiary/aromatic N) is 2. The van der Waals surface area contributed by atoms with E-state index in [9.17, 15) is 18.3 Å². The SMILES string of the molecule is Cc1nc(N[C@H](C)c2cc(N)cc(C(F)(F)F)c2)c2cc(O[C@H]3CCOC3)c(O)cc2n1.